The highest BCUT2D eigenvalue weighted by molar-refractivity contribution is 5.42. The Bertz CT molecular complexity index is 677. The zero-order valence-electron chi connectivity index (χ0n) is 13.1. The van der Waals surface area contributed by atoms with Crippen LogP contribution in [-0.2, 0) is 6.54 Å². The van der Waals surface area contributed by atoms with Gasteiger partial charge in [0.15, 0.2) is 0 Å². The van der Waals surface area contributed by atoms with Crippen LogP contribution in [0.3, 0.4) is 0 Å². The quantitative estimate of drug-likeness (QED) is 0.887. The standard InChI is InChI=1S/C18H20N2O2/c1-13(17-10-16(21-2)8-9-18(17)22-3)20-12-15-7-5-4-6-14(15)11-19/h4-10,13,20H,12H2,1-3H3. The number of methoxy groups -OCH3 is 2. The first-order valence-corrected chi connectivity index (χ1v) is 7.13. The van der Waals surface area contributed by atoms with Crippen molar-refractivity contribution in [1.29, 1.82) is 5.26 Å². The summed E-state index contributed by atoms with van der Waals surface area (Å²) >= 11 is 0. The van der Waals surface area contributed by atoms with Crippen LogP contribution < -0.4 is 14.8 Å². The van der Waals surface area contributed by atoms with Crippen LogP contribution in [0, 0.1) is 11.3 Å². The first-order valence-electron chi connectivity index (χ1n) is 7.13. The lowest BCUT2D eigenvalue weighted by Crippen LogP contribution is -2.19. The molecule has 2 rings (SSSR count). The molecule has 0 spiro atoms. The Balaban J connectivity index is 2.15. The molecule has 0 aliphatic carbocycles. The third kappa shape index (κ3) is 3.57. The van der Waals surface area contributed by atoms with Crippen molar-refractivity contribution in [3.63, 3.8) is 0 Å². The molecule has 2 aromatic rings. The van der Waals surface area contributed by atoms with Crippen LogP contribution >= 0.6 is 0 Å². The minimum atomic E-state index is 0.0665. The summed E-state index contributed by atoms with van der Waals surface area (Å²) in [4.78, 5) is 0. The van der Waals surface area contributed by atoms with Crippen molar-refractivity contribution in [2.45, 2.75) is 19.5 Å². The Hall–Kier alpha value is -2.51. The number of ether oxygens (including phenoxy) is 2. The van der Waals surface area contributed by atoms with E-state index in [1.807, 2.05) is 42.5 Å². The molecule has 4 nitrogen and oxygen atoms in total. The summed E-state index contributed by atoms with van der Waals surface area (Å²) in [6.07, 6.45) is 0. The van der Waals surface area contributed by atoms with E-state index in [9.17, 15) is 0 Å². The third-order valence-electron chi connectivity index (χ3n) is 3.64. The predicted molar refractivity (Wildman–Crippen MR) is 86.0 cm³/mol. The molecule has 0 radical (unpaired) electrons. The summed E-state index contributed by atoms with van der Waals surface area (Å²) < 4.78 is 10.7. The van der Waals surface area contributed by atoms with E-state index in [0.717, 1.165) is 22.6 Å². The summed E-state index contributed by atoms with van der Waals surface area (Å²) in [5.74, 6) is 1.61. The molecule has 1 N–H and O–H groups in total. The second kappa shape index (κ2) is 7.48. The second-order valence-corrected chi connectivity index (χ2v) is 4.98. The molecule has 1 unspecified atom stereocenters. The van der Waals surface area contributed by atoms with Crippen LogP contribution in [0.1, 0.15) is 29.7 Å². The highest BCUT2D eigenvalue weighted by atomic mass is 16.5. The largest absolute Gasteiger partial charge is 0.497 e. The molecule has 22 heavy (non-hydrogen) atoms. The molecular formula is C18H20N2O2. The number of hydrogen-bond donors (Lipinski definition) is 1. The van der Waals surface area contributed by atoms with Crippen molar-refractivity contribution in [2.75, 3.05) is 14.2 Å². The van der Waals surface area contributed by atoms with E-state index in [-0.39, 0.29) is 6.04 Å². The number of rotatable bonds is 6. The molecule has 2 aromatic carbocycles. The van der Waals surface area contributed by atoms with Crippen molar-refractivity contribution in [2.24, 2.45) is 0 Å². The fourth-order valence-corrected chi connectivity index (χ4v) is 2.33. The lowest BCUT2D eigenvalue weighted by molar-refractivity contribution is 0.391. The maximum atomic E-state index is 9.14. The zero-order chi connectivity index (χ0) is 15.9. The molecule has 114 valence electrons. The molecule has 0 saturated heterocycles. The van der Waals surface area contributed by atoms with Crippen LogP contribution in [0.25, 0.3) is 0 Å². The Morgan fingerprint density at radius 1 is 1.14 bits per heavy atom. The first-order chi connectivity index (χ1) is 10.7. The molecule has 0 saturated carbocycles. The zero-order valence-corrected chi connectivity index (χ0v) is 13.1. The maximum Gasteiger partial charge on any atom is 0.123 e. The van der Waals surface area contributed by atoms with E-state index in [0.29, 0.717) is 12.1 Å². The van der Waals surface area contributed by atoms with Crippen LogP contribution in [0.5, 0.6) is 11.5 Å². The van der Waals surface area contributed by atoms with Crippen LogP contribution in [0.4, 0.5) is 0 Å². The number of benzene rings is 2. The molecule has 0 bridgehead atoms. The number of nitrogens with one attached hydrogen (secondary N) is 1. The highest BCUT2D eigenvalue weighted by Crippen LogP contribution is 2.29. The Morgan fingerprint density at radius 2 is 1.91 bits per heavy atom. The molecule has 0 amide bonds. The maximum absolute atomic E-state index is 9.14. The van der Waals surface area contributed by atoms with E-state index in [2.05, 4.69) is 18.3 Å². The summed E-state index contributed by atoms with van der Waals surface area (Å²) in [6, 6.07) is 15.6. The van der Waals surface area contributed by atoms with E-state index in [4.69, 9.17) is 14.7 Å². The van der Waals surface area contributed by atoms with Gasteiger partial charge in [0.05, 0.1) is 25.9 Å². The van der Waals surface area contributed by atoms with Gasteiger partial charge in [-0.15, -0.1) is 0 Å². The number of hydrogen-bond acceptors (Lipinski definition) is 4. The van der Waals surface area contributed by atoms with Gasteiger partial charge >= 0.3 is 0 Å². The van der Waals surface area contributed by atoms with Gasteiger partial charge in [-0.2, -0.15) is 5.26 Å². The van der Waals surface area contributed by atoms with Gasteiger partial charge in [-0.1, -0.05) is 18.2 Å². The lowest BCUT2D eigenvalue weighted by atomic mass is 10.0. The summed E-state index contributed by atoms with van der Waals surface area (Å²) in [5, 5.41) is 12.6. The van der Waals surface area contributed by atoms with Gasteiger partial charge in [0.25, 0.3) is 0 Å². The summed E-state index contributed by atoms with van der Waals surface area (Å²) in [5.41, 5.74) is 2.70. The summed E-state index contributed by atoms with van der Waals surface area (Å²) in [7, 11) is 3.30. The van der Waals surface area contributed by atoms with Crippen molar-refractivity contribution in [1.82, 2.24) is 5.32 Å². The average Bonchev–Trinajstić information content (AvgIpc) is 2.59. The van der Waals surface area contributed by atoms with Gasteiger partial charge < -0.3 is 14.8 Å². The molecular weight excluding hydrogens is 276 g/mol. The molecule has 4 heteroatoms. The third-order valence-corrected chi connectivity index (χ3v) is 3.64. The van der Waals surface area contributed by atoms with E-state index >= 15 is 0 Å². The van der Waals surface area contributed by atoms with Gasteiger partial charge in [0, 0.05) is 18.2 Å². The topological polar surface area (TPSA) is 54.3 Å². The van der Waals surface area contributed by atoms with E-state index in [1.165, 1.54) is 0 Å². The molecule has 0 heterocycles. The molecule has 0 aliphatic heterocycles. The van der Waals surface area contributed by atoms with Gasteiger partial charge in [0.1, 0.15) is 11.5 Å². The van der Waals surface area contributed by atoms with E-state index in [1.54, 1.807) is 14.2 Å². The molecule has 1 atom stereocenters. The lowest BCUT2D eigenvalue weighted by Gasteiger charge is -2.18. The monoisotopic (exact) mass is 296 g/mol. The fourth-order valence-electron chi connectivity index (χ4n) is 2.33. The smallest absolute Gasteiger partial charge is 0.123 e. The van der Waals surface area contributed by atoms with Gasteiger partial charge in [0.2, 0.25) is 0 Å². The normalized spacial score (nSPS) is 11.5. The Labute approximate surface area is 131 Å². The number of nitriles is 1. The van der Waals surface area contributed by atoms with Gasteiger partial charge in [-0.05, 0) is 36.8 Å². The minimum Gasteiger partial charge on any atom is -0.497 e. The molecule has 0 aromatic heterocycles. The van der Waals surface area contributed by atoms with Gasteiger partial charge in [-0.3, -0.25) is 0 Å². The highest BCUT2D eigenvalue weighted by Gasteiger charge is 2.13. The first kappa shape index (κ1) is 15.9. The minimum absolute atomic E-state index is 0.0665. The summed E-state index contributed by atoms with van der Waals surface area (Å²) in [6.45, 7) is 2.68. The van der Waals surface area contributed by atoms with Crippen molar-refractivity contribution >= 4 is 0 Å². The second-order valence-electron chi connectivity index (χ2n) is 4.98. The predicted octanol–water partition coefficient (Wildman–Crippen LogP) is 3.43. The van der Waals surface area contributed by atoms with E-state index < -0.39 is 0 Å². The molecule has 0 fully saturated rings. The Morgan fingerprint density at radius 3 is 2.59 bits per heavy atom. The van der Waals surface area contributed by atoms with Gasteiger partial charge in [-0.25, -0.2) is 0 Å². The van der Waals surface area contributed by atoms with Crippen LogP contribution in [0.15, 0.2) is 42.5 Å². The van der Waals surface area contributed by atoms with Crippen molar-refractivity contribution in [3.05, 3.63) is 59.2 Å². The SMILES string of the molecule is COc1ccc(OC)c(C(C)NCc2ccccc2C#N)c1. The number of nitrogens with zero attached hydrogens (tertiary/aromatic N) is 1. The van der Waals surface area contributed by atoms with Crippen molar-refractivity contribution < 1.29 is 9.47 Å². The Kier molecular flexibility index (Phi) is 5.40. The van der Waals surface area contributed by atoms with Crippen LogP contribution in [-0.4, -0.2) is 14.2 Å². The van der Waals surface area contributed by atoms with Crippen LogP contribution in [0.2, 0.25) is 0 Å². The van der Waals surface area contributed by atoms with Crippen molar-refractivity contribution in [3.8, 4) is 17.6 Å². The molecule has 0 aliphatic rings. The fraction of sp³-hybridized carbons (Fsp3) is 0.278. The average molecular weight is 296 g/mol.